The van der Waals surface area contributed by atoms with Gasteiger partial charge in [-0.3, -0.25) is 0 Å². The number of rotatable bonds is 0. The van der Waals surface area contributed by atoms with Gasteiger partial charge in [0.25, 0.3) is 5.92 Å². The van der Waals surface area contributed by atoms with Crippen LogP contribution in [0.1, 0.15) is 12.8 Å². The Balaban J connectivity index is 2.12. The van der Waals surface area contributed by atoms with E-state index in [1.165, 1.54) is 0 Å². The van der Waals surface area contributed by atoms with Crippen molar-refractivity contribution in [3.05, 3.63) is 7.05 Å². The summed E-state index contributed by atoms with van der Waals surface area (Å²) in [6.07, 6.45) is -0.134. The minimum atomic E-state index is -2.49. The van der Waals surface area contributed by atoms with Crippen molar-refractivity contribution >= 4 is 0 Å². The molecule has 0 radical (unpaired) electrons. The van der Waals surface area contributed by atoms with E-state index in [0.29, 0.717) is 13.2 Å². The molecule has 70 valence electrons. The first-order valence-electron chi connectivity index (χ1n) is 4.23. The minimum Gasteiger partial charge on any atom is -0.459 e. The van der Waals surface area contributed by atoms with Crippen molar-refractivity contribution in [1.82, 2.24) is 0 Å². The van der Waals surface area contributed by atoms with Crippen molar-refractivity contribution in [1.29, 1.82) is 0 Å². The molecule has 2 rings (SSSR count). The van der Waals surface area contributed by atoms with Gasteiger partial charge in [0.2, 0.25) is 0 Å². The summed E-state index contributed by atoms with van der Waals surface area (Å²) >= 11 is 0. The Morgan fingerprint density at radius 2 is 1.75 bits per heavy atom. The number of alkyl halides is 2. The molecule has 0 saturated carbocycles. The summed E-state index contributed by atoms with van der Waals surface area (Å²) < 4.78 is 31.2. The zero-order valence-corrected chi connectivity index (χ0v) is 6.85. The molecule has 2 saturated heterocycles. The normalized spacial score (nSPS) is 45.8. The van der Waals surface area contributed by atoms with Gasteiger partial charge in [-0.2, -0.15) is 7.05 Å². The zero-order chi connectivity index (χ0) is 8.77. The lowest BCUT2D eigenvalue weighted by Gasteiger charge is -2.47. The number of halogens is 2. The van der Waals surface area contributed by atoms with E-state index < -0.39 is 5.92 Å². The van der Waals surface area contributed by atoms with Gasteiger partial charge in [-0.15, -0.1) is 0 Å². The van der Waals surface area contributed by atoms with Crippen molar-refractivity contribution in [2.24, 2.45) is 0 Å². The summed E-state index contributed by atoms with van der Waals surface area (Å²) in [5, 5.41) is 0. The van der Waals surface area contributed by atoms with Crippen molar-refractivity contribution in [2.75, 3.05) is 13.2 Å². The van der Waals surface area contributed by atoms with E-state index in [2.05, 4.69) is 7.05 Å². The van der Waals surface area contributed by atoms with Crippen LogP contribution >= 0.6 is 0 Å². The molecule has 12 heavy (non-hydrogen) atoms. The second kappa shape index (κ2) is 2.64. The maximum absolute atomic E-state index is 13.0. The van der Waals surface area contributed by atoms with E-state index in [1.54, 1.807) is 0 Å². The maximum atomic E-state index is 13.0. The summed E-state index contributed by atoms with van der Waals surface area (Å²) in [5.74, 6) is -2.49. The van der Waals surface area contributed by atoms with E-state index in [1.807, 2.05) is 0 Å². The van der Waals surface area contributed by atoms with Crippen LogP contribution in [0.2, 0.25) is 0 Å². The molecule has 1 N–H and O–H groups in total. The van der Waals surface area contributed by atoms with E-state index in [9.17, 15) is 8.78 Å². The molecule has 0 aromatic rings. The Hall–Kier alpha value is -0.220. The van der Waals surface area contributed by atoms with Gasteiger partial charge in [-0.1, -0.05) is 0 Å². The first-order chi connectivity index (χ1) is 5.58. The Labute approximate surface area is 70.5 Å². The number of quaternary nitrogens is 1. The molecule has 0 aromatic carbocycles. The minimum absolute atomic E-state index is 0.0671. The van der Waals surface area contributed by atoms with E-state index in [0.717, 1.165) is 4.90 Å². The fraction of sp³-hybridized carbons (Fsp3) is 0.875. The van der Waals surface area contributed by atoms with Crippen LogP contribution in [0.15, 0.2) is 0 Å². The van der Waals surface area contributed by atoms with Gasteiger partial charge in [-0.25, -0.2) is 8.78 Å². The Morgan fingerprint density at radius 1 is 1.25 bits per heavy atom. The molecule has 2 bridgehead atoms. The summed E-state index contributed by atoms with van der Waals surface area (Å²) in [7, 11) is 3.85. The molecule has 2 unspecified atom stereocenters. The molecule has 2 nitrogen and oxygen atoms in total. The quantitative estimate of drug-likeness (QED) is 0.508. The van der Waals surface area contributed by atoms with Crippen LogP contribution in [-0.2, 0) is 4.74 Å². The average molecular weight is 177 g/mol. The fourth-order valence-electron chi connectivity index (χ4n) is 2.08. The van der Waals surface area contributed by atoms with Gasteiger partial charge in [0.15, 0.2) is 0 Å². The molecule has 0 amide bonds. The van der Waals surface area contributed by atoms with Crippen molar-refractivity contribution in [2.45, 2.75) is 30.8 Å². The van der Waals surface area contributed by atoms with Crippen LogP contribution in [-0.4, -0.2) is 31.2 Å². The van der Waals surface area contributed by atoms with Crippen LogP contribution in [0.25, 0.3) is 0 Å². The molecule has 2 fully saturated rings. The second-order valence-corrected chi connectivity index (χ2v) is 3.77. The van der Waals surface area contributed by atoms with Gasteiger partial charge in [0.1, 0.15) is 0 Å². The second-order valence-electron chi connectivity index (χ2n) is 3.77. The maximum Gasteiger partial charge on any atom is 0.259 e. The highest BCUT2D eigenvalue weighted by Crippen LogP contribution is 2.29. The number of hydrogen-bond donors (Lipinski definition) is 1. The summed E-state index contributed by atoms with van der Waals surface area (Å²) in [5.41, 5.74) is 0. The lowest BCUT2D eigenvalue weighted by Crippen LogP contribution is -3.18. The molecule has 2 heterocycles. The van der Waals surface area contributed by atoms with Crippen molar-refractivity contribution < 1.29 is 18.4 Å². The van der Waals surface area contributed by atoms with Crippen molar-refractivity contribution in [3.63, 3.8) is 0 Å². The summed E-state index contributed by atoms with van der Waals surface area (Å²) in [4.78, 5) is 0.979. The first-order valence-corrected chi connectivity index (χ1v) is 4.23. The topological polar surface area (TPSA) is 13.7 Å². The van der Waals surface area contributed by atoms with Crippen molar-refractivity contribution in [3.8, 4) is 0 Å². The largest absolute Gasteiger partial charge is 0.459 e. The predicted molar refractivity (Wildman–Crippen MR) is 38.9 cm³/mol. The molecule has 4 heteroatoms. The molecular weight excluding hydrogens is 164 g/mol. The summed E-state index contributed by atoms with van der Waals surface area (Å²) in [6, 6.07) is -0.208. The lowest BCUT2D eigenvalue weighted by atomic mass is 9.92. The standard InChI is InChI=1S/C8H13F2NO/c1-11-6-2-8(9,10)3-7(11)5-12-4-6/h6-7,11H,1-5H2. The van der Waals surface area contributed by atoms with Crippen LogP contribution in [0.5, 0.6) is 0 Å². The molecular formula is C8H13F2NO. The number of piperidine rings is 1. The fourth-order valence-corrected chi connectivity index (χ4v) is 2.08. The summed E-state index contributed by atoms with van der Waals surface area (Å²) in [6.45, 7) is 0.871. The molecule has 2 atom stereocenters. The number of fused-ring (bicyclic) bond motifs is 2. The Morgan fingerprint density at radius 3 is 2.25 bits per heavy atom. The SMILES string of the molecule is [CH2-][NH+]1C2COCC1CC(F)(F)C2. The lowest BCUT2D eigenvalue weighted by molar-refractivity contribution is -0.926. The zero-order valence-electron chi connectivity index (χ0n) is 6.85. The van der Waals surface area contributed by atoms with Crippen LogP contribution in [0.3, 0.4) is 0 Å². The Kier molecular flexibility index (Phi) is 1.84. The van der Waals surface area contributed by atoms with E-state index in [4.69, 9.17) is 4.74 Å². The average Bonchev–Trinajstić information content (AvgIpc) is 1.92. The third-order valence-corrected chi connectivity index (χ3v) is 2.78. The highest BCUT2D eigenvalue weighted by molar-refractivity contribution is 4.83. The number of morpholine rings is 1. The third-order valence-electron chi connectivity index (χ3n) is 2.78. The first kappa shape index (κ1) is 8.38. The van der Waals surface area contributed by atoms with E-state index in [-0.39, 0.29) is 24.9 Å². The van der Waals surface area contributed by atoms with E-state index >= 15 is 0 Å². The predicted octanol–water partition coefficient (Wildman–Crippen LogP) is -0.141. The highest BCUT2D eigenvalue weighted by atomic mass is 19.3. The molecule has 0 spiro atoms. The number of nitrogens with one attached hydrogen (secondary N) is 1. The van der Waals surface area contributed by atoms with Crippen LogP contribution in [0, 0.1) is 7.05 Å². The molecule has 2 aliphatic heterocycles. The molecule has 2 aliphatic rings. The Bertz CT molecular complexity index is 170. The van der Waals surface area contributed by atoms with Gasteiger partial charge < -0.3 is 9.64 Å². The van der Waals surface area contributed by atoms with Gasteiger partial charge in [0, 0.05) is 0 Å². The third kappa shape index (κ3) is 1.33. The smallest absolute Gasteiger partial charge is 0.259 e. The van der Waals surface area contributed by atoms with Crippen LogP contribution in [0.4, 0.5) is 8.78 Å². The van der Waals surface area contributed by atoms with Gasteiger partial charge >= 0.3 is 0 Å². The van der Waals surface area contributed by atoms with Gasteiger partial charge in [-0.05, 0) is 0 Å². The monoisotopic (exact) mass is 177 g/mol. The highest BCUT2D eigenvalue weighted by Gasteiger charge is 2.47. The van der Waals surface area contributed by atoms with Crippen LogP contribution < -0.4 is 4.90 Å². The molecule has 0 aromatic heterocycles. The number of hydrogen-bond acceptors (Lipinski definition) is 1. The van der Waals surface area contributed by atoms with Gasteiger partial charge in [0.05, 0.1) is 38.1 Å². The molecule has 0 aliphatic carbocycles. The number of ether oxygens (including phenoxy) is 1.